The van der Waals surface area contributed by atoms with E-state index in [0.717, 1.165) is 44.3 Å². The summed E-state index contributed by atoms with van der Waals surface area (Å²) in [5.74, 6) is -1.31. The van der Waals surface area contributed by atoms with Crippen LogP contribution >= 0.6 is 0 Å². The van der Waals surface area contributed by atoms with Gasteiger partial charge in [-0.3, -0.25) is 19.6 Å². The zero-order valence-electron chi connectivity index (χ0n) is 17.7. The van der Waals surface area contributed by atoms with Crippen LogP contribution in [-0.2, 0) is 20.8 Å². The summed E-state index contributed by atoms with van der Waals surface area (Å²) in [5.41, 5.74) is 2.78. The summed E-state index contributed by atoms with van der Waals surface area (Å²) in [6.45, 7) is 0. The van der Waals surface area contributed by atoms with Gasteiger partial charge in [0.15, 0.2) is 0 Å². The lowest BCUT2D eigenvalue weighted by molar-refractivity contribution is -0.139. The molecular weight excluding hydrogens is 388 g/mol. The molecule has 168 valence electrons. The first kappa shape index (κ1) is 25.4. The smallest absolute Gasteiger partial charge is 0.303 e. The van der Waals surface area contributed by atoms with Gasteiger partial charge in [-0.15, -0.1) is 0 Å². The molecule has 0 radical (unpaired) electrons. The van der Waals surface area contributed by atoms with Crippen LogP contribution in [0.3, 0.4) is 0 Å². The number of benzene rings is 1. The molecule has 0 aliphatic heterocycles. The molecular formula is C22H34N2O6. The Kier molecular flexibility index (Phi) is 12.9. The van der Waals surface area contributed by atoms with Crippen LogP contribution < -0.4 is 15.5 Å². The Balaban J connectivity index is 2.07. The molecule has 1 aromatic rings. The summed E-state index contributed by atoms with van der Waals surface area (Å²) in [7, 11) is 1.66. The summed E-state index contributed by atoms with van der Waals surface area (Å²) in [5, 5.41) is 19.9. The molecule has 30 heavy (non-hydrogen) atoms. The van der Waals surface area contributed by atoms with Crippen LogP contribution in [0.2, 0.25) is 0 Å². The Hall–Kier alpha value is -2.61. The van der Waals surface area contributed by atoms with Gasteiger partial charge in [0.1, 0.15) is 11.8 Å². The van der Waals surface area contributed by atoms with Crippen LogP contribution in [-0.4, -0.2) is 41.2 Å². The van der Waals surface area contributed by atoms with Gasteiger partial charge in [-0.05, 0) is 43.4 Å². The van der Waals surface area contributed by atoms with Crippen molar-refractivity contribution in [2.75, 3.05) is 7.11 Å². The van der Waals surface area contributed by atoms with Crippen molar-refractivity contribution in [1.82, 2.24) is 10.8 Å². The predicted molar refractivity (Wildman–Crippen MR) is 112 cm³/mol. The molecule has 2 amide bonds. The molecule has 0 aliphatic carbocycles. The highest BCUT2D eigenvalue weighted by atomic mass is 16.5. The van der Waals surface area contributed by atoms with Crippen molar-refractivity contribution in [3.63, 3.8) is 0 Å². The van der Waals surface area contributed by atoms with Gasteiger partial charge in [-0.1, -0.05) is 44.2 Å². The molecule has 8 heteroatoms. The lowest BCUT2D eigenvalue weighted by atomic mass is 10.0. The molecule has 0 saturated carbocycles. The van der Waals surface area contributed by atoms with Crippen molar-refractivity contribution < 1.29 is 29.4 Å². The second-order valence-corrected chi connectivity index (χ2v) is 7.35. The summed E-state index contributed by atoms with van der Waals surface area (Å²) < 4.78 is 5.15. The van der Waals surface area contributed by atoms with E-state index in [9.17, 15) is 14.4 Å². The first-order chi connectivity index (χ1) is 14.5. The number of hydrogen-bond donors (Lipinski definition) is 4. The largest absolute Gasteiger partial charge is 0.497 e. The van der Waals surface area contributed by atoms with E-state index in [1.807, 2.05) is 12.1 Å². The van der Waals surface area contributed by atoms with E-state index in [1.165, 1.54) is 17.5 Å². The summed E-state index contributed by atoms with van der Waals surface area (Å²) in [4.78, 5) is 34.1. The number of carbonyl (C=O) groups is 3. The number of hydroxylamine groups is 1. The molecule has 0 unspecified atom stereocenters. The quantitative estimate of drug-likeness (QED) is 0.184. The standard InChI is InChI=1S/C22H34N2O6/c1-30-18-13-11-17(12-14-18)9-7-5-3-2-4-6-8-10-20(25)23-19(22(28)24-29)15-16-21(26)27/h11-14,19,29H,2-10,15-16H2,1H3,(H,23,25)(H,24,28)(H,26,27)/t19-/m1/s1. The van der Waals surface area contributed by atoms with E-state index >= 15 is 0 Å². The van der Waals surface area contributed by atoms with Crippen LogP contribution in [0.4, 0.5) is 0 Å². The number of nitrogens with one attached hydrogen (secondary N) is 2. The highest BCUT2D eigenvalue weighted by molar-refractivity contribution is 5.87. The lowest BCUT2D eigenvalue weighted by Gasteiger charge is -2.15. The molecule has 1 rings (SSSR count). The van der Waals surface area contributed by atoms with Gasteiger partial charge in [0.05, 0.1) is 7.11 Å². The minimum atomic E-state index is -1.07. The minimum Gasteiger partial charge on any atom is -0.497 e. The normalized spacial score (nSPS) is 11.5. The number of carboxylic acids is 1. The SMILES string of the molecule is COc1ccc(CCCCCCCCCC(=O)N[C@H](CCC(=O)O)C(=O)NO)cc1. The second kappa shape index (κ2) is 15.3. The van der Waals surface area contributed by atoms with Gasteiger partial charge >= 0.3 is 5.97 Å². The van der Waals surface area contributed by atoms with E-state index in [-0.39, 0.29) is 25.2 Å². The van der Waals surface area contributed by atoms with Crippen molar-refractivity contribution in [3.8, 4) is 5.75 Å². The van der Waals surface area contributed by atoms with Gasteiger partial charge in [-0.2, -0.15) is 0 Å². The summed E-state index contributed by atoms with van der Waals surface area (Å²) in [6, 6.07) is 7.12. The van der Waals surface area contributed by atoms with Gasteiger partial charge in [0.2, 0.25) is 5.91 Å². The molecule has 1 atom stereocenters. The minimum absolute atomic E-state index is 0.0655. The maximum Gasteiger partial charge on any atom is 0.303 e. The third-order valence-corrected chi connectivity index (χ3v) is 4.94. The third-order valence-electron chi connectivity index (χ3n) is 4.94. The zero-order chi connectivity index (χ0) is 22.2. The fourth-order valence-electron chi connectivity index (χ4n) is 3.17. The van der Waals surface area contributed by atoms with Crippen LogP contribution in [0.1, 0.15) is 69.8 Å². The monoisotopic (exact) mass is 422 g/mol. The zero-order valence-corrected chi connectivity index (χ0v) is 17.7. The van der Waals surface area contributed by atoms with Gasteiger partial charge in [0, 0.05) is 12.8 Å². The lowest BCUT2D eigenvalue weighted by Crippen LogP contribution is -2.46. The molecule has 0 aromatic heterocycles. The average molecular weight is 423 g/mol. The molecule has 1 aromatic carbocycles. The summed E-state index contributed by atoms with van der Waals surface area (Å²) >= 11 is 0. The molecule has 0 bridgehead atoms. The number of unbranched alkanes of at least 4 members (excludes halogenated alkanes) is 6. The fraction of sp³-hybridized carbons (Fsp3) is 0.591. The number of aryl methyl sites for hydroxylation is 1. The predicted octanol–water partition coefficient (Wildman–Crippen LogP) is 3.21. The molecule has 0 saturated heterocycles. The topological polar surface area (TPSA) is 125 Å². The van der Waals surface area contributed by atoms with Crippen LogP contribution in [0, 0.1) is 0 Å². The van der Waals surface area contributed by atoms with Crippen LogP contribution in [0.25, 0.3) is 0 Å². The molecule has 4 N–H and O–H groups in total. The van der Waals surface area contributed by atoms with E-state index in [2.05, 4.69) is 17.4 Å². The van der Waals surface area contributed by atoms with Crippen molar-refractivity contribution in [1.29, 1.82) is 0 Å². The van der Waals surface area contributed by atoms with Gasteiger partial charge < -0.3 is 15.2 Å². The van der Waals surface area contributed by atoms with Crippen molar-refractivity contribution >= 4 is 17.8 Å². The second-order valence-electron chi connectivity index (χ2n) is 7.35. The number of carbonyl (C=O) groups excluding carboxylic acids is 2. The van der Waals surface area contributed by atoms with E-state index in [4.69, 9.17) is 15.1 Å². The Morgan fingerprint density at radius 1 is 0.933 bits per heavy atom. The molecule has 0 heterocycles. The summed E-state index contributed by atoms with van der Waals surface area (Å²) in [6.07, 6.45) is 8.31. The Bertz CT molecular complexity index is 648. The van der Waals surface area contributed by atoms with E-state index < -0.39 is 17.9 Å². The molecule has 0 spiro atoms. The highest BCUT2D eigenvalue weighted by Gasteiger charge is 2.21. The number of hydrogen-bond acceptors (Lipinski definition) is 5. The molecule has 0 aliphatic rings. The fourth-order valence-corrected chi connectivity index (χ4v) is 3.17. The Labute approximate surface area is 178 Å². The Morgan fingerprint density at radius 3 is 2.10 bits per heavy atom. The number of ether oxygens (including phenoxy) is 1. The van der Waals surface area contributed by atoms with Crippen LogP contribution in [0.5, 0.6) is 5.75 Å². The number of rotatable bonds is 16. The number of methoxy groups -OCH3 is 1. The van der Waals surface area contributed by atoms with Crippen molar-refractivity contribution in [2.24, 2.45) is 0 Å². The number of aliphatic carboxylic acids is 1. The third kappa shape index (κ3) is 11.4. The first-order valence-corrected chi connectivity index (χ1v) is 10.5. The van der Waals surface area contributed by atoms with E-state index in [1.54, 1.807) is 7.11 Å². The number of amides is 2. The van der Waals surface area contributed by atoms with E-state index in [0.29, 0.717) is 6.42 Å². The highest BCUT2D eigenvalue weighted by Crippen LogP contribution is 2.15. The Morgan fingerprint density at radius 2 is 1.53 bits per heavy atom. The maximum absolute atomic E-state index is 11.9. The van der Waals surface area contributed by atoms with Crippen LogP contribution in [0.15, 0.2) is 24.3 Å². The van der Waals surface area contributed by atoms with Crippen molar-refractivity contribution in [3.05, 3.63) is 29.8 Å². The van der Waals surface area contributed by atoms with Crippen molar-refractivity contribution in [2.45, 2.75) is 76.7 Å². The molecule has 0 fully saturated rings. The van der Waals surface area contributed by atoms with Gasteiger partial charge in [-0.25, -0.2) is 5.48 Å². The first-order valence-electron chi connectivity index (χ1n) is 10.5. The number of carboxylic acid groups (broad SMARTS) is 1. The maximum atomic E-state index is 11.9. The van der Waals surface area contributed by atoms with Gasteiger partial charge in [0.25, 0.3) is 5.91 Å². The average Bonchev–Trinajstić information content (AvgIpc) is 2.75. The molecule has 8 nitrogen and oxygen atoms in total.